The highest BCUT2D eigenvalue weighted by atomic mass is 32.2. The van der Waals surface area contributed by atoms with Crippen LogP contribution in [-0.4, -0.2) is 26.9 Å². The number of amides is 1. The molecule has 0 saturated carbocycles. The second-order valence-electron chi connectivity index (χ2n) is 7.61. The van der Waals surface area contributed by atoms with Crippen molar-refractivity contribution in [2.75, 3.05) is 10.8 Å². The monoisotopic (exact) mass is 386 g/mol. The Labute approximate surface area is 161 Å². The van der Waals surface area contributed by atoms with Crippen LogP contribution in [0.1, 0.15) is 42.3 Å². The number of hydrogen-bond acceptors (Lipinski definition) is 3. The Morgan fingerprint density at radius 2 is 1.85 bits per heavy atom. The van der Waals surface area contributed by atoms with Gasteiger partial charge in [0.2, 0.25) is 0 Å². The third-order valence-electron chi connectivity index (χ3n) is 4.74. The molecule has 6 heteroatoms. The molecular formula is C21H26N2O3S. The summed E-state index contributed by atoms with van der Waals surface area (Å²) in [5.74, 6) is 0.248. The van der Waals surface area contributed by atoms with Crippen molar-refractivity contribution >= 4 is 21.6 Å². The van der Waals surface area contributed by atoms with Gasteiger partial charge in [0.15, 0.2) is 0 Å². The summed E-state index contributed by atoms with van der Waals surface area (Å²) in [5, 5.41) is 2.90. The molecule has 1 amide bonds. The predicted octanol–water partition coefficient (Wildman–Crippen LogP) is 3.52. The van der Waals surface area contributed by atoms with Crippen molar-refractivity contribution in [3.05, 3.63) is 59.2 Å². The molecule has 2 aromatic rings. The third kappa shape index (κ3) is 3.86. The van der Waals surface area contributed by atoms with Gasteiger partial charge in [0.1, 0.15) is 0 Å². The number of nitrogens with zero attached hydrogens (tertiary/aromatic N) is 1. The van der Waals surface area contributed by atoms with Crippen LogP contribution >= 0.6 is 0 Å². The van der Waals surface area contributed by atoms with Gasteiger partial charge in [0.25, 0.3) is 15.9 Å². The zero-order chi connectivity index (χ0) is 19.8. The first-order valence-electron chi connectivity index (χ1n) is 9.22. The van der Waals surface area contributed by atoms with Gasteiger partial charge in [-0.15, -0.1) is 0 Å². The topological polar surface area (TPSA) is 66.5 Å². The quantitative estimate of drug-likeness (QED) is 0.855. The number of carbonyl (C=O) groups is 1. The molecule has 0 aliphatic carbocycles. The van der Waals surface area contributed by atoms with Crippen molar-refractivity contribution in [1.29, 1.82) is 0 Å². The lowest BCUT2D eigenvalue weighted by atomic mass is 10.1. The number of nitrogens with one attached hydrogen (secondary N) is 1. The number of aryl methyl sites for hydroxylation is 1. The molecule has 0 fully saturated rings. The van der Waals surface area contributed by atoms with Gasteiger partial charge in [-0.2, -0.15) is 0 Å². The highest BCUT2D eigenvalue weighted by Gasteiger charge is 2.36. The van der Waals surface area contributed by atoms with Crippen LogP contribution in [0.3, 0.4) is 0 Å². The van der Waals surface area contributed by atoms with Crippen LogP contribution in [0.15, 0.2) is 47.4 Å². The van der Waals surface area contributed by atoms with Crippen molar-refractivity contribution < 1.29 is 13.2 Å². The standard InChI is InChI=1S/C21H26N2O3S/c1-14(2)13-22-21(24)17-7-10-20-18(12-17)11-16(4)23(20)27(25,26)19-8-5-15(3)6-9-19/h5-10,12,14,16H,11,13H2,1-4H3,(H,22,24)/t16-/m1/s1. The van der Waals surface area contributed by atoms with Crippen LogP contribution in [-0.2, 0) is 16.4 Å². The molecule has 3 rings (SSSR count). The maximum atomic E-state index is 13.2. The molecule has 0 saturated heterocycles. The summed E-state index contributed by atoms with van der Waals surface area (Å²) in [7, 11) is -3.64. The van der Waals surface area contributed by atoms with Gasteiger partial charge in [0.05, 0.1) is 10.6 Å². The fourth-order valence-electron chi connectivity index (χ4n) is 3.33. The largest absolute Gasteiger partial charge is 0.352 e. The summed E-state index contributed by atoms with van der Waals surface area (Å²) in [4.78, 5) is 12.6. The summed E-state index contributed by atoms with van der Waals surface area (Å²) in [6.45, 7) is 8.51. The van der Waals surface area contributed by atoms with E-state index in [1.165, 1.54) is 4.31 Å². The number of anilines is 1. The van der Waals surface area contributed by atoms with Crippen molar-refractivity contribution in [1.82, 2.24) is 5.32 Å². The van der Waals surface area contributed by atoms with Crippen LogP contribution < -0.4 is 9.62 Å². The molecular weight excluding hydrogens is 360 g/mol. The first kappa shape index (κ1) is 19.4. The van der Waals surface area contributed by atoms with Crippen molar-refractivity contribution in [3.8, 4) is 0 Å². The molecule has 0 bridgehead atoms. The van der Waals surface area contributed by atoms with Gasteiger partial charge in [-0.05, 0) is 62.1 Å². The summed E-state index contributed by atoms with van der Waals surface area (Å²) in [5.41, 5.74) is 3.12. The van der Waals surface area contributed by atoms with E-state index >= 15 is 0 Å². The first-order valence-corrected chi connectivity index (χ1v) is 10.7. The summed E-state index contributed by atoms with van der Waals surface area (Å²) in [6, 6.07) is 11.9. The van der Waals surface area contributed by atoms with Gasteiger partial charge in [-0.25, -0.2) is 8.42 Å². The van der Waals surface area contributed by atoms with E-state index in [4.69, 9.17) is 0 Å². The summed E-state index contributed by atoms with van der Waals surface area (Å²) >= 11 is 0. The van der Waals surface area contributed by atoms with Gasteiger partial charge in [0, 0.05) is 18.2 Å². The number of benzene rings is 2. The number of hydrogen-bond donors (Lipinski definition) is 1. The number of sulfonamides is 1. The molecule has 0 spiro atoms. The number of carbonyl (C=O) groups excluding carboxylic acids is 1. The second-order valence-corrected chi connectivity index (χ2v) is 9.43. The van der Waals surface area contributed by atoms with E-state index < -0.39 is 10.0 Å². The molecule has 5 nitrogen and oxygen atoms in total. The van der Waals surface area contributed by atoms with Crippen molar-refractivity contribution in [2.24, 2.45) is 5.92 Å². The van der Waals surface area contributed by atoms with E-state index in [0.29, 0.717) is 30.1 Å². The normalized spacial score (nSPS) is 16.5. The van der Waals surface area contributed by atoms with Crippen LogP contribution in [0.5, 0.6) is 0 Å². The van der Waals surface area contributed by atoms with Crippen LogP contribution in [0.25, 0.3) is 0 Å². The SMILES string of the molecule is Cc1ccc(S(=O)(=O)N2c3ccc(C(=O)NCC(C)C)cc3C[C@H]2C)cc1. The zero-order valence-corrected chi connectivity index (χ0v) is 17.0. The van der Waals surface area contributed by atoms with Crippen molar-refractivity contribution in [2.45, 2.75) is 45.1 Å². The Morgan fingerprint density at radius 1 is 1.19 bits per heavy atom. The minimum Gasteiger partial charge on any atom is -0.352 e. The highest BCUT2D eigenvalue weighted by Crippen LogP contribution is 2.37. The van der Waals surface area contributed by atoms with E-state index in [1.54, 1.807) is 36.4 Å². The molecule has 1 aliphatic rings. The third-order valence-corrected chi connectivity index (χ3v) is 6.69. The minimum atomic E-state index is -3.64. The van der Waals surface area contributed by atoms with Gasteiger partial charge in [-0.3, -0.25) is 9.10 Å². The predicted molar refractivity (Wildman–Crippen MR) is 108 cm³/mol. The summed E-state index contributed by atoms with van der Waals surface area (Å²) in [6.07, 6.45) is 0.589. The molecule has 1 aliphatic heterocycles. The molecule has 144 valence electrons. The van der Waals surface area contributed by atoms with Crippen LogP contribution in [0.2, 0.25) is 0 Å². The van der Waals surface area contributed by atoms with Crippen molar-refractivity contribution in [3.63, 3.8) is 0 Å². The second kappa shape index (κ2) is 7.35. The molecule has 27 heavy (non-hydrogen) atoms. The Balaban J connectivity index is 1.92. The van der Waals surface area contributed by atoms with Gasteiger partial charge < -0.3 is 5.32 Å². The molecule has 0 aromatic heterocycles. The fourth-order valence-corrected chi connectivity index (χ4v) is 5.03. The Kier molecular flexibility index (Phi) is 5.29. The summed E-state index contributed by atoms with van der Waals surface area (Å²) < 4.78 is 27.8. The molecule has 0 radical (unpaired) electrons. The van der Waals surface area contributed by atoms with E-state index in [-0.39, 0.29) is 16.8 Å². The Hall–Kier alpha value is -2.34. The average molecular weight is 387 g/mol. The lowest BCUT2D eigenvalue weighted by molar-refractivity contribution is 0.0949. The maximum Gasteiger partial charge on any atom is 0.264 e. The highest BCUT2D eigenvalue weighted by molar-refractivity contribution is 7.92. The molecule has 1 atom stereocenters. The lowest BCUT2D eigenvalue weighted by Crippen LogP contribution is -2.35. The fraction of sp³-hybridized carbons (Fsp3) is 0.381. The van der Waals surface area contributed by atoms with Gasteiger partial charge in [-0.1, -0.05) is 31.5 Å². The van der Waals surface area contributed by atoms with E-state index in [0.717, 1.165) is 11.1 Å². The first-order chi connectivity index (χ1) is 12.7. The van der Waals surface area contributed by atoms with E-state index in [9.17, 15) is 13.2 Å². The molecule has 2 aromatic carbocycles. The smallest absolute Gasteiger partial charge is 0.264 e. The number of rotatable bonds is 5. The Morgan fingerprint density at radius 3 is 2.48 bits per heavy atom. The lowest BCUT2D eigenvalue weighted by Gasteiger charge is -2.24. The minimum absolute atomic E-state index is 0.126. The Bertz CT molecular complexity index is 950. The van der Waals surface area contributed by atoms with Gasteiger partial charge >= 0.3 is 0 Å². The maximum absolute atomic E-state index is 13.2. The molecule has 0 unspecified atom stereocenters. The molecule has 1 heterocycles. The number of fused-ring (bicyclic) bond motifs is 1. The molecule has 1 N–H and O–H groups in total. The van der Waals surface area contributed by atoms with E-state index in [2.05, 4.69) is 5.32 Å². The van der Waals surface area contributed by atoms with Crippen LogP contribution in [0, 0.1) is 12.8 Å². The zero-order valence-electron chi connectivity index (χ0n) is 16.2. The van der Waals surface area contributed by atoms with E-state index in [1.807, 2.05) is 33.8 Å². The average Bonchev–Trinajstić information content (AvgIpc) is 2.95. The van der Waals surface area contributed by atoms with Crippen LogP contribution in [0.4, 0.5) is 5.69 Å².